The number of fused-ring (bicyclic) bond motifs is 5. The molecule has 0 amide bonds. The van der Waals surface area contributed by atoms with Crippen LogP contribution < -0.4 is 5.30 Å². The number of hydrogen-bond acceptors (Lipinski definition) is 1. The van der Waals surface area contributed by atoms with Crippen molar-refractivity contribution >= 4 is 12.4 Å². The summed E-state index contributed by atoms with van der Waals surface area (Å²) in [6.45, 7) is 0. The molecule has 3 fully saturated rings. The maximum Gasteiger partial charge on any atom is 0.119 e. The van der Waals surface area contributed by atoms with Crippen molar-refractivity contribution in [3.8, 4) is 0 Å². The molecule has 1 aromatic carbocycles. The Morgan fingerprint density at radius 2 is 1.76 bits per heavy atom. The minimum atomic E-state index is -2.07. The molecule has 4 rings (SSSR count). The van der Waals surface area contributed by atoms with Gasteiger partial charge in [0.2, 0.25) is 0 Å². The summed E-state index contributed by atoms with van der Waals surface area (Å²) in [4.78, 5) is 0. The monoisotopic (exact) mass is 246 g/mol. The normalized spacial score (nSPS) is 47.3. The molecule has 5 atom stereocenters. The third-order valence-corrected chi connectivity index (χ3v) is 9.37. The summed E-state index contributed by atoms with van der Waals surface area (Å²) in [5.41, 5.74) is 0.559. The van der Waals surface area contributed by atoms with Crippen molar-refractivity contribution in [2.75, 3.05) is 6.16 Å². The Morgan fingerprint density at radius 3 is 2.59 bits per heavy atom. The molecule has 2 bridgehead atoms. The van der Waals surface area contributed by atoms with E-state index in [9.17, 15) is 4.57 Å². The molecule has 0 radical (unpaired) electrons. The van der Waals surface area contributed by atoms with Crippen molar-refractivity contribution in [2.24, 2.45) is 17.8 Å². The zero-order valence-electron chi connectivity index (χ0n) is 10.1. The maximum absolute atomic E-state index is 13.4. The highest BCUT2D eigenvalue weighted by Gasteiger charge is 2.58. The summed E-state index contributed by atoms with van der Waals surface area (Å²) in [5.74, 6) is 2.52. The highest BCUT2D eigenvalue weighted by atomic mass is 31.2. The minimum absolute atomic E-state index is 0.559. The first kappa shape index (κ1) is 10.4. The molecule has 1 heterocycles. The van der Waals surface area contributed by atoms with E-state index >= 15 is 0 Å². The smallest absolute Gasteiger partial charge is 0.119 e. The van der Waals surface area contributed by atoms with Gasteiger partial charge in [0.1, 0.15) is 7.14 Å². The van der Waals surface area contributed by atoms with Crippen LogP contribution >= 0.6 is 7.14 Å². The fraction of sp³-hybridized carbons (Fsp3) is 0.600. The van der Waals surface area contributed by atoms with Crippen LogP contribution in [0.15, 0.2) is 30.3 Å². The SMILES string of the molecule is O=P1(c2ccccc2)CCC2C3CCC(C3)C21. The largest absolute Gasteiger partial charge is 0.318 e. The molecule has 0 N–H and O–H groups in total. The van der Waals surface area contributed by atoms with E-state index in [0.29, 0.717) is 5.66 Å². The van der Waals surface area contributed by atoms with Gasteiger partial charge in [-0.15, -0.1) is 0 Å². The Bertz CT molecular complexity index is 481. The van der Waals surface area contributed by atoms with Gasteiger partial charge in [-0.2, -0.15) is 0 Å². The van der Waals surface area contributed by atoms with Crippen molar-refractivity contribution in [1.29, 1.82) is 0 Å². The Kier molecular flexibility index (Phi) is 2.12. The van der Waals surface area contributed by atoms with Gasteiger partial charge in [-0.3, -0.25) is 0 Å². The van der Waals surface area contributed by atoms with Crippen molar-refractivity contribution in [3.05, 3.63) is 30.3 Å². The Morgan fingerprint density at radius 1 is 1.00 bits per heavy atom. The molecule has 5 unspecified atom stereocenters. The van der Waals surface area contributed by atoms with E-state index in [1.54, 1.807) is 0 Å². The van der Waals surface area contributed by atoms with Gasteiger partial charge in [0, 0.05) is 17.1 Å². The summed E-state index contributed by atoms with van der Waals surface area (Å²) in [7, 11) is -2.07. The summed E-state index contributed by atoms with van der Waals surface area (Å²) >= 11 is 0. The molecule has 90 valence electrons. The van der Waals surface area contributed by atoms with E-state index in [2.05, 4.69) is 24.3 Å². The van der Waals surface area contributed by atoms with Crippen LogP contribution in [-0.4, -0.2) is 11.8 Å². The van der Waals surface area contributed by atoms with Crippen LogP contribution in [0.3, 0.4) is 0 Å². The zero-order valence-corrected chi connectivity index (χ0v) is 11.0. The number of benzene rings is 1. The molecule has 2 saturated carbocycles. The van der Waals surface area contributed by atoms with Gasteiger partial charge < -0.3 is 4.57 Å². The van der Waals surface area contributed by atoms with Crippen LogP contribution in [0, 0.1) is 17.8 Å². The quantitative estimate of drug-likeness (QED) is 0.693. The minimum Gasteiger partial charge on any atom is -0.318 e. The van der Waals surface area contributed by atoms with E-state index in [1.807, 2.05) is 6.07 Å². The molecule has 3 aliphatic rings. The molecule has 0 aromatic heterocycles. The zero-order chi connectivity index (χ0) is 11.5. The fourth-order valence-electron chi connectivity index (χ4n) is 4.91. The third-order valence-electron chi connectivity index (χ3n) is 5.51. The van der Waals surface area contributed by atoms with Gasteiger partial charge in [-0.25, -0.2) is 0 Å². The van der Waals surface area contributed by atoms with E-state index in [-0.39, 0.29) is 0 Å². The number of rotatable bonds is 1. The third kappa shape index (κ3) is 1.30. The van der Waals surface area contributed by atoms with Gasteiger partial charge in [0.25, 0.3) is 0 Å². The van der Waals surface area contributed by atoms with Crippen LogP contribution in [-0.2, 0) is 4.57 Å². The lowest BCUT2D eigenvalue weighted by atomic mass is 9.87. The first-order valence-corrected chi connectivity index (χ1v) is 8.89. The molecule has 2 aliphatic carbocycles. The summed E-state index contributed by atoms with van der Waals surface area (Å²) in [5, 5.41) is 1.17. The molecule has 17 heavy (non-hydrogen) atoms. The van der Waals surface area contributed by atoms with Crippen LogP contribution in [0.5, 0.6) is 0 Å². The van der Waals surface area contributed by atoms with Crippen LogP contribution in [0.25, 0.3) is 0 Å². The van der Waals surface area contributed by atoms with Crippen LogP contribution in [0.1, 0.15) is 25.7 Å². The highest BCUT2D eigenvalue weighted by Crippen LogP contribution is 2.70. The van der Waals surface area contributed by atoms with Crippen molar-refractivity contribution in [2.45, 2.75) is 31.3 Å². The summed E-state index contributed by atoms with van der Waals surface area (Å²) in [6.07, 6.45) is 6.37. The second-order valence-corrected chi connectivity index (χ2v) is 9.28. The predicted octanol–water partition coefficient (Wildman–Crippen LogP) is 3.49. The van der Waals surface area contributed by atoms with Gasteiger partial charge in [-0.1, -0.05) is 30.3 Å². The molecule has 0 spiro atoms. The van der Waals surface area contributed by atoms with Gasteiger partial charge >= 0.3 is 0 Å². The molecular formula is C15H19OP. The van der Waals surface area contributed by atoms with Crippen molar-refractivity contribution in [1.82, 2.24) is 0 Å². The van der Waals surface area contributed by atoms with E-state index in [0.717, 1.165) is 23.9 Å². The van der Waals surface area contributed by atoms with Crippen molar-refractivity contribution in [3.63, 3.8) is 0 Å². The first-order chi connectivity index (χ1) is 8.29. The molecule has 1 aliphatic heterocycles. The standard InChI is InChI=1S/C15H19OP/c16-17(13-4-2-1-3-5-13)9-8-14-11-6-7-12(10-11)15(14)17/h1-5,11-12,14-15H,6-10H2. The van der Waals surface area contributed by atoms with Gasteiger partial charge in [0.15, 0.2) is 0 Å². The average Bonchev–Trinajstić information content (AvgIpc) is 3.04. The second-order valence-electron chi connectivity index (χ2n) is 6.13. The first-order valence-electron chi connectivity index (χ1n) is 6.93. The van der Waals surface area contributed by atoms with E-state index in [1.165, 1.54) is 31.0 Å². The number of hydrogen-bond donors (Lipinski definition) is 0. The maximum atomic E-state index is 13.4. The Hall–Kier alpha value is -0.550. The predicted molar refractivity (Wildman–Crippen MR) is 71.3 cm³/mol. The lowest BCUT2D eigenvalue weighted by Crippen LogP contribution is -2.25. The fourth-order valence-corrected chi connectivity index (χ4v) is 9.13. The van der Waals surface area contributed by atoms with Gasteiger partial charge in [0.05, 0.1) is 0 Å². The lowest BCUT2D eigenvalue weighted by molar-refractivity contribution is 0.346. The van der Waals surface area contributed by atoms with Gasteiger partial charge in [-0.05, 0) is 43.4 Å². The Balaban J connectivity index is 1.78. The molecule has 1 nitrogen and oxygen atoms in total. The molecule has 1 saturated heterocycles. The topological polar surface area (TPSA) is 17.1 Å². The lowest BCUT2D eigenvalue weighted by Gasteiger charge is -2.29. The van der Waals surface area contributed by atoms with Crippen LogP contribution in [0.2, 0.25) is 0 Å². The average molecular weight is 246 g/mol. The second kappa shape index (κ2) is 3.48. The molecule has 1 aromatic rings. The van der Waals surface area contributed by atoms with Crippen LogP contribution in [0.4, 0.5) is 0 Å². The van der Waals surface area contributed by atoms with E-state index < -0.39 is 7.14 Å². The van der Waals surface area contributed by atoms with Crippen molar-refractivity contribution < 1.29 is 4.57 Å². The molecule has 2 heteroatoms. The molecular weight excluding hydrogens is 227 g/mol. The summed E-state index contributed by atoms with van der Waals surface area (Å²) in [6, 6.07) is 10.3. The Labute approximate surface area is 103 Å². The highest BCUT2D eigenvalue weighted by molar-refractivity contribution is 7.72. The van der Waals surface area contributed by atoms with E-state index in [4.69, 9.17) is 0 Å². The summed E-state index contributed by atoms with van der Waals surface area (Å²) < 4.78 is 13.4.